The highest BCUT2D eigenvalue weighted by Gasteiger charge is 2.22. The molecule has 1 aliphatic heterocycles. The summed E-state index contributed by atoms with van der Waals surface area (Å²) in [4.78, 5) is 19.0. The van der Waals surface area contributed by atoms with Crippen LogP contribution in [0.15, 0.2) is 48.7 Å². The molecule has 0 atom stereocenters. The molecular formula is C20H24N2O2. The molecule has 2 heterocycles. The Bertz CT molecular complexity index is 664. The Morgan fingerprint density at radius 2 is 1.92 bits per heavy atom. The summed E-state index contributed by atoms with van der Waals surface area (Å²) in [5, 5.41) is 0. The van der Waals surface area contributed by atoms with Crippen LogP contribution in [0.5, 0.6) is 5.88 Å². The van der Waals surface area contributed by atoms with Crippen LogP contribution < -0.4 is 4.74 Å². The summed E-state index contributed by atoms with van der Waals surface area (Å²) in [5.41, 5.74) is 1.96. The lowest BCUT2D eigenvalue weighted by Crippen LogP contribution is -2.34. The molecule has 3 rings (SSSR count). The zero-order valence-electron chi connectivity index (χ0n) is 14.1. The number of Topliss-reactive ketones (excluding diaryl/α,β-unsaturated/α-hetero) is 1. The van der Waals surface area contributed by atoms with Crippen molar-refractivity contribution in [1.29, 1.82) is 0 Å². The Labute approximate surface area is 143 Å². The SMILES string of the molecule is COc1ncccc1CN1CCC(CC(=O)c2ccccc2)CC1. The lowest BCUT2D eigenvalue weighted by molar-refractivity contribution is 0.0924. The van der Waals surface area contributed by atoms with Gasteiger partial charge in [-0.05, 0) is 37.9 Å². The first-order chi connectivity index (χ1) is 11.8. The van der Waals surface area contributed by atoms with Gasteiger partial charge in [0.15, 0.2) is 5.78 Å². The number of ketones is 1. The monoisotopic (exact) mass is 324 g/mol. The number of hydrogen-bond donors (Lipinski definition) is 0. The number of ether oxygens (including phenoxy) is 1. The average molecular weight is 324 g/mol. The third-order valence-corrected chi connectivity index (χ3v) is 4.71. The van der Waals surface area contributed by atoms with Crippen molar-refractivity contribution in [2.75, 3.05) is 20.2 Å². The van der Waals surface area contributed by atoms with E-state index in [9.17, 15) is 4.79 Å². The van der Waals surface area contributed by atoms with E-state index in [1.54, 1.807) is 13.3 Å². The van der Waals surface area contributed by atoms with Gasteiger partial charge >= 0.3 is 0 Å². The molecule has 4 heteroatoms. The molecule has 0 spiro atoms. The van der Waals surface area contributed by atoms with E-state index >= 15 is 0 Å². The third kappa shape index (κ3) is 4.20. The van der Waals surface area contributed by atoms with Gasteiger partial charge in [0.1, 0.15) is 0 Å². The minimum atomic E-state index is 0.267. The summed E-state index contributed by atoms with van der Waals surface area (Å²) in [6, 6.07) is 13.6. The van der Waals surface area contributed by atoms with Gasteiger partial charge in [0.2, 0.25) is 5.88 Å². The largest absolute Gasteiger partial charge is 0.481 e. The molecule has 24 heavy (non-hydrogen) atoms. The van der Waals surface area contributed by atoms with Crippen LogP contribution in [-0.4, -0.2) is 35.9 Å². The molecule has 0 unspecified atom stereocenters. The van der Waals surface area contributed by atoms with Gasteiger partial charge in [0, 0.05) is 30.3 Å². The highest BCUT2D eigenvalue weighted by molar-refractivity contribution is 5.96. The summed E-state index contributed by atoms with van der Waals surface area (Å²) in [7, 11) is 1.66. The van der Waals surface area contributed by atoms with Gasteiger partial charge in [0.05, 0.1) is 7.11 Å². The topological polar surface area (TPSA) is 42.4 Å². The number of piperidine rings is 1. The van der Waals surface area contributed by atoms with Crippen molar-refractivity contribution < 1.29 is 9.53 Å². The van der Waals surface area contributed by atoms with Gasteiger partial charge < -0.3 is 4.74 Å². The maximum absolute atomic E-state index is 12.3. The van der Waals surface area contributed by atoms with E-state index in [0.717, 1.165) is 43.6 Å². The van der Waals surface area contributed by atoms with Crippen LogP contribution in [0.2, 0.25) is 0 Å². The Morgan fingerprint density at radius 3 is 2.62 bits per heavy atom. The Hall–Kier alpha value is -2.20. The number of rotatable bonds is 6. The van der Waals surface area contributed by atoms with E-state index in [0.29, 0.717) is 18.2 Å². The summed E-state index contributed by atoms with van der Waals surface area (Å²) in [5.74, 6) is 1.46. The van der Waals surface area contributed by atoms with Crippen molar-refractivity contribution in [2.24, 2.45) is 5.92 Å². The second-order valence-corrected chi connectivity index (χ2v) is 6.38. The summed E-state index contributed by atoms with van der Waals surface area (Å²) < 4.78 is 5.33. The zero-order valence-corrected chi connectivity index (χ0v) is 14.1. The molecule has 1 saturated heterocycles. The van der Waals surface area contributed by atoms with Crippen molar-refractivity contribution in [2.45, 2.75) is 25.8 Å². The molecule has 2 aromatic rings. The number of aromatic nitrogens is 1. The average Bonchev–Trinajstić information content (AvgIpc) is 2.64. The first-order valence-electron chi connectivity index (χ1n) is 8.54. The number of pyridine rings is 1. The van der Waals surface area contributed by atoms with Crippen LogP contribution in [-0.2, 0) is 6.54 Å². The van der Waals surface area contributed by atoms with Gasteiger partial charge in [-0.25, -0.2) is 4.98 Å². The fourth-order valence-corrected chi connectivity index (χ4v) is 3.32. The van der Waals surface area contributed by atoms with Crippen molar-refractivity contribution in [3.05, 3.63) is 59.8 Å². The van der Waals surface area contributed by atoms with E-state index in [2.05, 4.69) is 16.0 Å². The van der Waals surface area contributed by atoms with Crippen LogP contribution in [0.4, 0.5) is 0 Å². The smallest absolute Gasteiger partial charge is 0.217 e. The molecule has 0 bridgehead atoms. The van der Waals surface area contributed by atoms with Gasteiger partial charge in [-0.2, -0.15) is 0 Å². The maximum atomic E-state index is 12.3. The molecule has 1 fully saturated rings. The Morgan fingerprint density at radius 1 is 1.17 bits per heavy atom. The van der Waals surface area contributed by atoms with Gasteiger partial charge in [-0.3, -0.25) is 9.69 Å². The van der Waals surface area contributed by atoms with Gasteiger partial charge in [-0.1, -0.05) is 36.4 Å². The van der Waals surface area contributed by atoms with Crippen LogP contribution >= 0.6 is 0 Å². The number of carbonyl (C=O) groups excluding carboxylic acids is 1. The molecule has 1 aliphatic rings. The summed E-state index contributed by atoms with van der Waals surface area (Å²) >= 11 is 0. The molecule has 0 saturated carbocycles. The predicted molar refractivity (Wildman–Crippen MR) is 94.2 cm³/mol. The predicted octanol–water partition coefficient (Wildman–Crippen LogP) is 3.58. The molecule has 1 aromatic heterocycles. The van der Waals surface area contributed by atoms with Crippen LogP contribution in [0.1, 0.15) is 35.2 Å². The lowest BCUT2D eigenvalue weighted by atomic mass is 9.89. The number of likely N-dealkylation sites (tertiary alicyclic amines) is 1. The second-order valence-electron chi connectivity index (χ2n) is 6.38. The number of carbonyl (C=O) groups is 1. The molecule has 4 nitrogen and oxygen atoms in total. The number of hydrogen-bond acceptors (Lipinski definition) is 4. The van der Waals surface area contributed by atoms with Gasteiger partial charge in [-0.15, -0.1) is 0 Å². The van der Waals surface area contributed by atoms with Crippen LogP contribution in [0, 0.1) is 5.92 Å². The van der Waals surface area contributed by atoms with Crippen LogP contribution in [0.25, 0.3) is 0 Å². The fourth-order valence-electron chi connectivity index (χ4n) is 3.32. The van der Waals surface area contributed by atoms with Crippen molar-refractivity contribution >= 4 is 5.78 Å². The van der Waals surface area contributed by atoms with E-state index in [4.69, 9.17) is 4.74 Å². The standard InChI is InChI=1S/C20H24N2O2/c1-24-20-18(8-5-11-21-20)15-22-12-9-16(10-13-22)14-19(23)17-6-3-2-4-7-17/h2-8,11,16H,9-10,12-15H2,1H3. The number of nitrogens with zero attached hydrogens (tertiary/aromatic N) is 2. The Kier molecular flexibility index (Phi) is 5.59. The number of methoxy groups -OCH3 is 1. The number of benzene rings is 1. The molecule has 0 N–H and O–H groups in total. The summed E-state index contributed by atoms with van der Waals surface area (Å²) in [6.45, 7) is 2.89. The molecule has 1 aromatic carbocycles. The third-order valence-electron chi connectivity index (χ3n) is 4.71. The minimum absolute atomic E-state index is 0.267. The molecule has 126 valence electrons. The zero-order chi connectivity index (χ0) is 16.8. The molecule has 0 amide bonds. The maximum Gasteiger partial charge on any atom is 0.217 e. The van der Waals surface area contributed by atoms with Crippen molar-refractivity contribution in [3.63, 3.8) is 0 Å². The van der Waals surface area contributed by atoms with Crippen LogP contribution in [0.3, 0.4) is 0 Å². The van der Waals surface area contributed by atoms with E-state index in [-0.39, 0.29) is 5.78 Å². The van der Waals surface area contributed by atoms with E-state index < -0.39 is 0 Å². The van der Waals surface area contributed by atoms with E-state index in [1.165, 1.54) is 0 Å². The highest BCUT2D eigenvalue weighted by Crippen LogP contribution is 2.25. The summed E-state index contributed by atoms with van der Waals surface area (Å²) in [6.07, 6.45) is 4.56. The second kappa shape index (κ2) is 8.06. The first kappa shape index (κ1) is 16.7. The fraction of sp³-hybridized carbons (Fsp3) is 0.400. The van der Waals surface area contributed by atoms with Crippen molar-refractivity contribution in [1.82, 2.24) is 9.88 Å². The molecule has 0 radical (unpaired) electrons. The normalized spacial score (nSPS) is 16.0. The highest BCUT2D eigenvalue weighted by atomic mass is 16.5. The Balaban J connectivity index is 1.50. The minimum Gasteiger partial charge on any atom is -0.481 e. The van der Waals surface area contributed by atoms with E-state index in [1.807, 2.05) is 36.4 Å². The van der Waals surface area contributed by atoms with Crippen molar-refractivity contribution in [3.8, 4) is 5.88 Å². The first-order valence-corrected chi connectivity index (χ1v) is 8.54. The molecular weight excluding hydrogens is 300 g/mol. The molecule has 0 aliphatic carbocycles. The lowest BCUT2D eigenvalue weighted by Gasteiger charge is -2.31. The quantitative estimate of drug-likeness (QED) is 0.762. The van der Waals surface area contributed by atoms with Gasteiger partial charge in [0.25, 0.3) is 0 Å².